The van der Waals surface area contributed by atoms with E-state index in [1.807, 2.05) is 0 Å². The topological polar surface area (TPSA) is 46.3 Å². The number of anilines is 1. The predicted octanol–water partition coefficient (Wildman–Crippen LogP) is 2.79. The molecule has 0 aromatic heterocycles. The molecule has 0 aliphatic carbocycles. The molecule has 1 aromatic carbocycles. The summed E-state index contributed by atoms with van der Waals surface area (Å²) in [4.78, 5) is 13.2. The van der Waals surface area contributed by atoms with Gasteiger partial charge in [-0.3, -0.25) is 4.79 Å². The third-order valence-corrected chi connectivity index (χ3v) is 3.07. The molecular weight excluding hydrogens is 262 g/mol. The average Bonchev–Trinajstić information content (AvgIpc) is 2.25. The summed E-state index contributed by atoms with van der Waals surface area (Å²) < 4.78 is 26.5. The fourth-order valence-electron chi connectivity index (χ4n) is 2.06. The van der Waals surface area contributed by atoms with Gasteiger partial charge in [0.1, 0.15) is 0 Å². The lowest BCUT2D eigenvalue weighted by Gasteiger charge is -2.32. The van der Waals surface area contributed by atoms with Crippen LogP contribution in [-0.4, -0.2) is 29.8 Å². The van der Waals surface area contributed by atoms with Gasteiger partial charge in [0.15, 0.2) is 0 Å². The van der Waals surface area contributed by atoms with E-state index in [9.17, 15) is 13.6 Å². The van der Waals surface area contributed by atoms with Crippen LogP contribution >= 0.6 is 11.6 Å². The number of halogens is 3. The number of carbonyl (C=O) groups is 1. The molecule has 0 bridgehead atoms. The summed E-state index contributed by atoms with van der Waals surface area (Å²) in [6, 6.07) is 4.39. The Kier molecular flexibility index (Phi) is 3.43. The third kappa shape index (κ3) is 2.90. The summed E-state index contributed by atoms with van der Waals surface area (Å²) in [6.07, 6.45) is 0.128. The molecule has 2 N–H and O–H groups in total. The molecule has 98 valence electrons. The molecule has 1 aliphatic rings. The van der Waals surface area contributed by atoms with Gasteiger partial charge in [0.2, 0.25) is 0 Å². The first-order valence-corrected chi connectivity index (χ1v) is 5.98. The highest BCUT2D eigenvalue weighted by molar-refractivity contribution is 6.31. The van der Waals surface area contributed by atoms with Crippen LogP contribution in [-0.2, 0) is 0 Å². The van der Waals surface area contributed by atoms with E-state index in [4.69, 9.17) is 17.3 Å². The van der Waals surface area contributed by atoms with E-state index in [1.165, 1.54) is 18.2 Å². The van der Waals surface area contributed by atoms with Gasteiger partial charge >= 0.3 is 0 Å². The summed E-state index contributed by atoms with van der Waals surface area (Å²) in [5.41, 5.74) is 6.17. The largest absolute Gasteiger partial charge is 0.399 e. The quantitative estimate of drug-likeness (QED) is 0.801. The third-order valence-electron chi connectivity index (χ3n) is 2.85. The van der Waals surface area contributed by atoms with E-state index in [0.717, 1.165) is 4.90 Å². The Morgan fingerprint density at radius 2 is 2.11 bits per heavy atom. The van der Waals surface area contributed by atoms with Crippen molar-refractivity contribution in [2.75, 3.05) is 18.8 Å². The highest BCUT2D eigenvalue weighted by Gasteiger charge is 2.37. The molecule has 1 saturated heterocycles. The van der Waals surface area contributed by atoms with Crippen molar-refractivity contribution in [2.45, 2.75) is 18.8 Å². The zero-order valence-electron chi connectivity index (χ0n) is 9.63. The minimum Gasteiger partial charge on any atom is -0.399 e. The number of amides is 1. The number of nitrogens with zero attached hydrogens (tertiary/aromatic N) is 1. The van der Waals surface area contributed by atoms with Crippen LogP contribution in [0.3, 0.4) is 0 Å². The number of carbonyl (C=O) groups excluding carboxylic acids is 1. The molecule has 0 atom stereocenters. The van der Waals surface area contributed by atoms with E-state index in [0.29, 0.717) is 23.7 Å². The van der Waals surface area contributed by atoms with Crippen molar-refractivity contribution >= 4 is 23.2 Å². The van der Waals surface area contributed by atoms with Crippen LogP contribution in [0.5, 0.6) is 0 Å². The average molecular weight is 275 g/mol. The Morgan fingerprint density at radius 3 is 2.72 bits per heavy atom. The zero-order valence-corrected chi connectivity index (χ0v) is 10.4. The molecule has 18 heavy (non-hydrogen) atoms. The Balaban J connectivity index is 2.20. The van der Waals surface area contributed by atoms with Crippen LogP contribution in [0.1, 0.15) is 23.2 Å². The van der Waals surface area contributed by atoms with E-state index in [2.05, 4.69) is 0 Å². The first-order chi connectivity index (χ1) is 8.37. The first-order valence-electron chi connectivity index (χ1n) is 5.60. The molecule has 0 unspecified atom stereocenters. The molecule has 0 radical (unpaired) electrons. The number of piperidine rings is 1. The number of nitrogen functional groups attached to an aromatic ring is 1. The van der Waals surface area contributed by atoms with Crippen LogP contribution in [0.4, 0.5) is 14.5 Å². The second-order valence-electron chi connectivity index (χ2n) is 4.46. The maximum Gasteiger partial charge on any atom is 0.265 e. The van der Waals surface area contributed by atoms with Gasteiger partial charge in [-0.2, -0.15) is 0 Å². The summed E-state index contributed by atoms with van der Waals surface area (Å²) in [6.45, 7) is -0.209. The number of likely N-dealkylation sites (tertiary alicyclic amines) is 1. The fraction of sp³-hybridized carbons (Fsp3) is 0.417. The number of benzene rings is 1. The van der Waals surface area contributed by atoms with Crippen molar-refractivity contribution in [3.05, 3.63) is 28.8 Å². The predicted molar refractivity (Wildman–Crippen MR) is 65.9 cm³/mol. The lowest BCUT2D eigenvalue weighted by atomic mass is 10.1. The molecule has 6 heteroatoms. The van der Waals surface area contributed by atoms with Gasteiger partial charge in [-0.25, -0.2) is 8.78 Å². The molecule has 1 aromatic rings. The number of hydrogen-bond acceptors (Lipinski definition) is 2. The van der Waals surface area contributed by atoms with E-state index in [1.54, 1.807) is 0 Å². The normalized spacial score (nSPS) is 18.7. The fourth-order valence-corrected chi connectivity index (χ4v) is 2.30. The molecule has 1 amide bonds. The summed E-state index contributed by atoms with van der Waals surface area (Å²) >= 11 is 5.79. The van der Waals surface area contributed by atoms with Crippen LogP contribution in [0.2, 0.25) is 5.02 Å². The molecule has 2 rings (SSSR count). The monoisotopic (exact) mass is 274 g/mol. The molecular formula is C12H13ClF2N2O. The standard InChI is InChI=1S/C12H13ClF2N2O/c13-9-4-8(5-10(16)6-9)11(18)17-3-1-2-12(14,15)7-17/h4-6H,1-3,7,16H2. The van der Waals surface area contributed by atoms with Gasteiger partial charge in [-0.05, 0) is 24.6 Å². The van der Waals surface area contributed by atoms with Gasteiger partial charge in [-0.1, -0.05) is 11.6 Å². The van der Waals surface area contributed by atoms with Crippen LogP contribution in [0.15, 0.2) is 18.2 Å². The van der Waals surface area contributed by atoms with E-state index < -0.39 is 18.4 Å². The summed E-state index contributed by atoms with van der Waals surface area (Å²) in [7, 11) is 0. The van der Waals surface area contributed by atoms with E-state index in [-0.39, 0.29) is 12.0 Å². The van der Waals surface area contributed by atoms with Crippen molar-refractivity contribution in [3.63, 3.8) is 0 Å². The van der Waals surface area contributed by atoms with Crippen molar-refractivity contribution in [3.8, 4) is 0 Å². The van der Waals surface area contributed by atoms with E-state index >= 15 is 0 Å². The highest BCUT2D eigenvalue weighted by atomic mass is 35.5. The van der Waals surface area contributed by atoms with Crippen molar-refractivity contribution < 1.29 is 13.6 Å². The molecule has 0 saturated carbocycles. The smallest absolute Gasteiger partial charge is 0.265 e. The molecule has 1 heterocycles. The zero-order chi connectivity index (χ0) is 13.3. The number of rotatable bonds is 1. The molecule has 3 nitrogen and oxygen atoms in total. The maximum atomic E-state index is 13.2. The van der Waals surface area contributed by atoms with Gasteiger partial charge < -0.3 is 10.6 Å². The second-order valence-corrected chi connectivity index (χ2v) is 4.90. The van der Waals surface area contributed by atoms with Gasteiger partial charge in [0.05, 0.1) is 6.54 Å². The lowest BCUT2D eigenvalue weighted by molar-refractivity contribution is -0.0560. The lowest BCUT2D eigenvalue weighted by Crippen LogP contribution is -2.45. The van der Waals surface area contributed by atoms with Gasteiger partial charge in [-0.15, -0.1) is 0 Å². The van der Waals surface area contributed by atoms with Crippen LogP contribution < -0.4 is 5.73 Å². The van der Waals surface area contributed by atoms with Crippen LogP contribution in [0.25, 0.3) is 0 Å². The maximum absolute atomic E-state index is 13.2. The Hall–Kier alpha value is -1.36. The molecule has 0 spiro atoms. The number of alkyl halides is 2. The number of nitrogens with two attached hydrogens (primary N) is 1. The minimum absolute atomic E-state index is 0.172. The van der Waals surface area contributed by atoms with Gasteiger partial charge in [0.25, 0.3) is 11.8 Å². The highest BCUT2D eigenvalue weighted by Crippen LogP contribution is 2.28. The van der Waals surface area contributed by atoms with Gasteiger partial charge in [0, 0.05) is 29.2 Å². The van der Waals surface area contributed by atoms with Crippen LogP contribution in [0, 0.1) is 0 Å². The number of hydrogen-bond donors (Lipinski definition) is 1. The molecule has 1 aliphatic heterocycles. The Labute approximate surface area is 109 Å². The second kappa shape index (κ2) is 4.72. The summed E-state index contributed by atoms with van der Waals surface area (Å²) in [5, 5.41) is 0.321. The summed E-state index contributed by atoms with van der Waals surface area (Å²) in [5.74, 6) is -3.26. The molecule has 1 fully saturated rings. The SMILES string of the molecule is Nc1cc(Cl)cc(C(=O)N2CCCC(F)(F)C2)c1. The van der Waals surface area contributed by atoms with Crippen molar-refractivity contribution in [1.82, 2.24) is 4.90 Å². The Bertz CT molecular complexity index is 459. The van der Waals surface area contributed by atoms with Crippen molar-refractivity contribution in [1.29, 1.82) is 0 Å². The Morgan fingerprint density at radius 1 is 1.39 bits per heavy atom. The van der Waals surface area contributed by atoms with Crippen molar-refractivity contribution in [2.24, 2.45) is 0 Å². The minimum atomic E-state index is -2.81. The first kappa shape index (κ1) is 13.1.